The molecule has 5 heteroatoms. The fraction of sp³-hybridized carbons (Fsp3) is 0.125. The number of rotatable bonds is 4. The van der Waals surface area contributed by atoms with E-state index in [1.807, 2.05) is 59.2 Å². The smallest absolute Gasteiger partial charge is 0.311 e. The number of para-hydroxylation sites is 2. The summed E-state index contributed by atoms with van der Waals surface area (Å²) in [6.45, 7) is 0.629. The zero-order valence-electron chi connectivity index (χ0n) is 11.3. The molecule has 0 bridgehead atoms. The number of nitrogens with zero attached hydrogens (tertiary/aromatic N) is 2. The van der Waals surface area contributed by atoms with Crippen LogP contribution in [-0.2, 0) is 17.8 Å². The SMILES string of the molecule is Cl.O=C(O)Cc1nc2ccccc2n1Cc1ccccc1. The monoisotopic (exact) mass is 302 g/mol. The molecule has 0 aliphatic carbocycles. The number of carboxylic acids is 1. The minimum Gasteiger partial charge on any atom is -0.481 e. The Hall–Kier alpha value is -2.33. The van der Waals surface area contributed by atoms with Crippen LogP contribution in [0.4, 0.5) is 0 Å². The normalized spacial score (nSPS) is 10.3. The summed E-state index contributed by atoms with van der Waals surface area (Å²) in [4.78, 5) is 15.4. The Labute approximate surface area is 128 Å². The summed E-state index contributed by atoms with van der Waals surface area (Å²) in [5.41, 5.74) is 2.93. The summed E-state index contributed by atoms with van der Waals surface area (Å²) in [6, 6.07) is 17.7. The maximum absolute atomic E-state index is 11.0. The molecule has 0 spiro atoms. The van der Waals surface area contributed by atoms with Gasteiger partial charge in [0.2, 0.25) is 0 Å². The highest BCUT2D eigenvalue weighted by Crippen LogP contribution is 2.18. The maximum atomic E-state index is 11.0. The zero-order valence-corrected chi connectivity index (χ0v) is 12.1. The Morgan fingerprint density at radius 2 is 1.71 bits per heavy atom. The lowest BCUT2D eigenvalue weighted by atomic mass is 10.2. The Kier molecular flexibility index (Phi) is 4.60. The van der Waals surface area contributed by atoms with Crippen LogP contribution >= 0.6 is 12.4 Å². The summed E-state index contributed by atoms with van der Waals surface area (Å²) >= 11 is 0. The van der Waals surface area contributed by atoms with Crippen LogP contribution in [0.3, 0.4) is 0 Å². The quantitative estimate of drug-likeness (QED) is 0.805. The molecule has 0 aliphatic heterocycles. The molecule has 1 heterocycles. The number of fused-ring (bicyclic) bond motifs is 1. The molecule has 0 saturated carbocycles. The Balaban J connectivity index is 0.00000161. The minimum atomic E-state index is -0.866. The van der Waals surface area contributed by atoms with Gasteiger partial charge in [0, 0.05) is 6.54 Å². The first-order chi connectivity index (χ1) is 9.74. The molecular weight excluding hydrogens is 288 g/mol. The van der Waals surface area contributed by atoms with Crippen LogP contribution in [0.15, 0.2) is 54.6 Å². The van der Waals surface area contributed by atoms with Crippen LogP contribution in [0.5, 0.6) is 0 Å². The van der Waals surface area contributed by atoms with E-state index in [-0.39, 0.29) is 18.8 Å². The van der Waals surface area contributed by atoms with Crippen molar-refractivity contribution in [2.75, 3.05) is 0 Å². The molecule has 2 aromatic carbocycles. The predicted molar refractivity (Wildman–Crippen MR) is 83.9 cm³/mol. The first-order valence-electron chi connectivity index (χ1n) is 6.44. The number of imidazole rings is 1. The van der Waals surface area contributed by atoms with Crippen molar-refractivity contribution in [3.8, 4) is 0 Å². The molecule has 0 radical (unpaired) electrons. The molecule has 0 fully saturated rings. The standard InChI is InChI=1S/C16H14N2O2.ClH/c19-16(20)10-15-17-13-8-4-5-9-14(13)18(15)11-12-6-2-1-3-7-12;/h1-9H,10-11H2,(H,19,20);1H. The molecule has 108 valence electrons. The van der Waals surface area contributed by atoms with Crippen molar-refractivity contribution in [1.29, 1.82) is 0 Å². The van der Waals surface area contributed by atoms with Crippen LogP contribution in [0.1, 0.15) is 11.4 Å². The summed E-state index contributed by atoms with van der Waals surface area (Å²) in [7, 11) is 0. The maximum Gasteiger partial charge on any atom is 0.311 e. The second kappa shape index (κ2) is 6.41. The van der Waals surface area contributed by atoms with Crippen molar-refractivity contribution in [3.63, 3.8) is 0 Å². The molecule has 0 saturated heterocycles. The largest absolute Gasteiger partial charge is 0.481 e. The van der Waals surface area contributed by atoms with Gasteiger partial charge in [-0.15, -0.1) is 12.4 Å². The fourth-order valence-corrected chi connectivity index (χ4v) is 2.34. The van der Waals surface area contributed by atoms with E-state index in [1.165, 1.54) is 0 Å². The van der Waals surface area contributed by atoms with Gasteiger partial charge in [0.1, 0.15) is 12.2 Å². The van der Waals surface area contributed by atoms with E-state index in [1.54, 1.807) is 0 Å². The van der Waals surface area contributed by atoms with E-state index in [4.69, 9.17) is 5.11 Å². The van der Waals surface area contributed by atoms with Gasteiger partial charge in [0.25, 0.3) is 0 Å². The summed E-state index contributed by atoms with van der Waals surface area (Å²) in [6.07, 6.45) is -0.0679. The number of benzene rings is 2. The molecule has 1 N–H and O–H groups in total. The van der Waals surface area contributed by atoms with Gasteiger partial charge in [-0.05, 0) is 17.7 Å². The molecule has 21 heavy (non-hydrogen) atoms. The van der Waals surface area contributed by atoms with Crippen LogP contribution in [0.2, 0.25) is 0 Å². The van der Waals surface area contributed by atoms with E-state index in [0.29, 0.717) is 12.4 Å². The van der Waals surface area contributed by atoms with Crippen molar-refractivity contribution in [2.24, 2.45) is 0 Å². The van der Waals surface area contributed by atoms with Gasteiger partial charge in [-0.1, -0.05) is 42.5 Å². The van der Waals surface area contributed by atoms with Gasteiger partial charge < -0.3 is 9.67 Å². The highest BCUT2D eigenvalue weighted by atomic mass is 35.5. The van der Waals surface area contributed by atoms with E-state index in [9.17, 15) is 4.79 Å². The zero-order chi connectivity index (χ0) is 13.9. The number of carboxylic acid groups (broad SMARTS) is 1. The van der Waals surface area contributed by atoms with Gasteiger partial charge in [0.15, 0.2) is 0 Å². The highest BCUT2D eigenvalue weighted by Gasteiger charge is 2.13. The second-order valence-electron chi connectivity index (χ2n) is 4.66. The summed E-state index contributed by atoms with van der Waals surface area (Å²) in [5.74, 6) is -0.280. The van der Waals surface area contributed by atoms with Crippen molar-refractivity contribution >= 4 is 29.4 Å². The highest BCUT2D eigenvalue weighted by molar-refractivity contribution is 5.85. The van der Waals surface area contributed by atoms with Crippen molar-refractivity contribution < 1.29 is 9.90 Å². The van der Waals surface area contributed by atoms with E-state index >= 15 is 0 Å². The van der Waals surface area contributed by atoms with Gasteiger partial charge in [0.05, 0.1) is 11.0 Å². The number of aromatic nitrogens is 2. The number of halogens is 1. The molecule has 4 nitrogen and oxygen atoms in total. The molecule has 0 atom stereocenters. The van der Waals surface area contributed by atoms with Crippen molar-refractivity contribution in [1.82, 2.24) is 9.55 Å². The number of aliphatic carboxylic acids is 1. The number of hydrogen-bond acceptors (Lipinski definition) is 2. The third kappa shape index (κ3) is 3.23. The predicted octanol–water partition coefficient (Wildman–Crippen LogP) is 3.13. The fourth-order valence-electron chi connectivity index (χ4n) is 2.34. The summed E-state index contributed by atoms with van der Waals surface area (Å²) in [5, 5.41) is 9.03. The van der Waals surface area contributed by atoms with E-state index in [2.05, 4.69) is 4.98 Å². The van der Waals surface area contributed by atoms with Crippen molar-refractivity contribution in [2.45, 2.75) is 13.0 Å². The average molecular weight is 303 g/mol. The van der Waals surface area contributed by atoms with Gasteiger partial charge in [-0.2, -0.15) is 0 Å². The van der Waals surface area contributed by atoms with Crippen LogP contribution in [0, 0.1) is 0 Å². The molecule has 3 aromatic rings. The minimum absolute atomic E-state index is 0. The lowest BCUT2D eigenvalue weighted by Gasteiger charge is -2.08. The molecule has 0 aliphatic rings. The van der Waals surface area contributed by atoms with E-state index < -0.39 is 5.97 Å². The lowest BCUT2D eigenvalue weighted by Crippen LogP contribution is -2.10. The van der Waals surface area contributed by atoms with Gasteiger partial charge >= 0.3 is 5.97 Å². The molecule has 0 amide bonds. The Morgan fingerprint density at radius 3 is 2.43 bits per heavy atom. The third-order valence-electron chi connectivity index (χ3n) is 3.23. The van der Waals surface area contributed by atoms with Crippen LogP contribution < -0.4 is 0 Å². The average Bonchev–Trinajstić information content (AvgIpc) is 2.77. The van der Waals surface area contributed by atoms with Gasteiger partial charge in [-0.25, -0.2) is 4.98 Å². The van der Waals surface area contributed by atoms with Crippen LogP contribution in [0.25, 0.3) is 11.0 Å². The molecule has 0 unspecified atom stereocenters. The molecular formula is C16H15ClN2O2. The topological polar surface area (TPSA) is 55.1 Å². The Bertz CT molecular complexity index is 753. The summed E-state index contributed by atoms with van der Waals surface area (Å²) < 4.78 is 1.97. The Morgan fingerprint density at radius 1 is 1.05 bits per heavy atom. The molecule has 1 aromatic heterocycles. The first kappa shape index (κ1) is 15.1. The third-order valence-corrected chi connectivity index (χ3v) is 3.23. The second-order valence-corrected chi connectivity index (χ2v) is 4.66. The molecule has 3 rings (SSSR count). The number of carbonyl (C=O) groups is 1. The number of hydrogen-bond donors (Lipinski definition) is 1. The van der Waals surface area contributed by atoms with Gasteiger partial charge in [-0.3, -0.25) is 4.79 Å². The first-order valence-corrected chi connectivity index (χ1v) is 6.44. The lowest BCUT2D eigenvalue weighted by molar-refractivity contribution is -0.136. The van der Waals surface area contributed by atoms with Crippen molar-refractivity contribution in [3.05, 3.63) is 66.0 Å². The van der Waals surface area contributed by atoms with E-state index in [0.717, 1.165) is 16.6 Å². The van der Waals surface area contributed by atoms with Crippen LogP contribution in [-0.4, -0.2) is 20.6 Å².